The van der Waals surface area contributed by atoms with Gasteiger partial charge in [0.15, 0.2) is 0 Å². The smallest absolute Gasteiger partial charge is 0.236 e. The normalized spacial score (nSPS) is 27.5. The zero-order valence-corrected chi connectivity index (χ0v) is 10.8. The van der Waals surface area contributed by atoms with Crippen LogP contribution in [0.3, 0.4) is 0 Å². The molecule has 1 saturated heterocycles. The Balaban J connectivity index is 2.05. The second-order valence-electron chi connectivity index (χ2n) is 4.93. The first-order valence-electron chi connectivity index (χ1n) is 5.80. The van der Waals surface area contributed by atoms with E-state index in [2.05, 4.69) is 5.32 Å². The molecule has 18 heavy (non-hydrogen) atoms. The van der Waals surface area contributed by atoms with Crippen molar-refractivity contribution in [3.8, 4) is 0 Å². The summed E-state index contributed by atoms with van der Waals surface area (Å²) < 4.78 is 24.6. The van der Waals surface area contributed by atoms with Crippen molar-refractivity contribution in [1.29, 1.82) is 0 Å². The van der Waals surface area contributed by atoms with Gasteiger partial charge in [-0.15, -0.1) is 0 Å². The van der Waals surface area contributed by atoms with Crippen LogP contribution in [0.25, 0.3) is 0 Å². The molecule has 1 N–H and O–H groups in total. The van der Waals surface area contributed by atoms with Gasteiger partial charge in [-0.05, 0) is 18.1 Å². The molecule has 96 valence electrons. The molecule has 0 radical (unpaired) electrons. The van der Waals surface area contributed by atoms with Crippen LogP contribution in [-0.2, 0) is 20.2 Å². The van der Waals surface area contributed by atoms with E-state index in [4.69, 9.17) is 0 Å². The second kappa shape index (κ2) is 3.55. The van der Waals surface area contributed by atoms with E-state index in [1.54, 1.807) is 0 Å². The number of sulfonamides is 1. The van der Waals surface area contributed by atoms with Crippen molar-refractivity contribution >= 4 is 21.6 Å². The van der Waals surface area contributed by atoms with Gasteiger partial charge in [0.2, 0.25) is 15.9 Å². The molecule has 6 heteroatoms. The molecule has 2 heterocycles. The van der Waals surface area contributed by atoms with E-state index in [1.165, 1.54) is 10.6 Å². The van der Waals surface area contributed by atoms with Gasteiger partial charge >= 0.3 is 0 Å². The number of benzene rings is 1. The predicted molar refractivity (Wildman–Crippen MR) is 67.8 cm³/mol. The minimum Gasteiger partial charge on any atom is -0.325 e. The molecule has 1 atom stereocenters. The Morgan fingerprint density at radius 3 is 2.72 bits per heavy atom. The van der Waals surface area contributed by atoms with Gasteiger partial charge in [-0.25, -0.2) is 12.7 Å². The quantitative estimate of drug-likeness (QED) is 0.807. The molecule has 0 saturated carbocycles. The Morgan fingerprint density at radius 2 is 2.06 bits per heavy atom. The lowest BCUT2D eigenvalue weighted by atomic mass is 9.81. The van der Waals surface area contributed by atoms with Gasteiger partial charge in [0.1, 0.15) is 0 Å². The van der Waals surface area contributed by atoms with Crippen LogP contribution in [-0.4, -0.2) is 38.0 Å². The fourth-order valence-electron chi connectivity index (χ4n) is 2.84. The van der Waals surface area contributed by atoms with Gasteiger partial charge in [0.05, 0.1) is 11.7 Å². The minimum absolute atomic E-state index is 0.0881. The van der Waals surface area contributed by atoms with Crippen LogP contribution in [0.15, 0.2) is 24.3 Å². The van der Waals surface area contributed by atoms with E-state index < -0.39 is 15.4 Å². The molecule has 0 aromatic heterocycles. The summed E-state index contributed by atoms with van der Waals surface area (Å²) in [5, 5.41) is 2.84. The summed E-state index contributed by atoms with van der Waals surface area (Å²) >= 11 is 0. The summed E-state index contributed by atoms with van der Waals surface area (Å²) in [5.74, 6) is -0.0881. The molecule has 1 fully saturated rings. The summed E-state index contributed by atoms with van der Waals surface area (Å²) in [6.07, 6.45) is 1.73. The lowest BCUT2D eigenvalue weighted by Crippen LogP contribution is -2.39. The average Bonchev–Trinajstić information content (AvgIpc) is 2.85. The number of hydrogen-bond acceptors (Lipinski definition) is 3. The number of hydrogen-bond donors (Lipinski definition) is 1. The number of carbonyl (C=O) groups excluding carboxylic acids is 1. The maximum Gasteiger partial charge on any atom is 0.236 e. The van der Waals surface area contributed by atoms with Gasteiger partial charge in [0, 0.05) is 18.8 Å². The number of nitrogens with zero attached hydrogens (tertiary/aromatic N) is 1. The third-order valence-electron chi connectivity index (χ3n) is 3.83. The molecule has 1 aromatic carbocycles. The molecule has 2 aliphatic rings. The molecule has 1 spiro atoms. The number of nitrogens with one attached hydrogen (secondary N) is 1. The fourth-order valence-corrected chi connectivity index (χ4v) is 3.71. The van der Waals surface area contributed by atoms with Crippen LogP contribution >= 0.6 is 0 Å². The molecule has 3 rings (SSSR count). The minimum atomic E-state index is -3.24. The summed E-state index contributed by atoms with van der Waals surface area (Å²) in [6, 6.07) is 7.50. The molecular weight excluding hydrogens is 252 g/mol. The van der Waals surface area contributed by atoms with Crippen molar-refractivity contribution in [3.05, 3.63) is 29.8 Å². The van der Waals surface area contributed by atoms with E-state index >= 15 is 0 Å². The van der Waals surface area contributed by atoms with Crippen molar-refractivity contribution in [1.82, 2.24) is 4.31 Å². The summed E-state index contributed by atoms with van der Waals surface area (Å²) in [4.78, 5) is 12.2. The van der Waals surface area contributed by atoms with Gasteiger partial charge in [-0.3, -0.25) is 4.79 Å². The first kappa shape index (κ1) is 11.7. The second-order valence-corrected chi connectivity index (χ2v) is 6.91. The average molecular weight is 266 g/mol. The number of para-hydroxylation sites is 1. The number of amides is 1. The third-order valence-corrected chi connectivity index (χ3v) is 5.08. The van der Waals surface area contributed by atoms with Crippen molar-refractivity contribution < 1.29 is 13.2 Å². The largest absolute Gasteiger partial charge is 0.325 e. The van der Waals surface area contributed by atoms with E-state index in [9.17, 15) is 13.2 Å². The van der Waals surface area contributed by atoms with Crippen LogP contribution in [0.4, 0.5) is 5.69 Å². The molecule has 2 aliphatic heterocycles. The topological polar surface area (TPSA) is 66.5 Å². The van der Waals surface area contributed by atoms with E-state index in [0.717, 1.165) is 11.3 Å². The Kier molecular flexibility index (Phi) is 2.30. The molecule has 1 amide bonds. The highest BCUT2D eigenvalue weighted by atomic mass is 32.2. The van der Waals surface area contributed by atoms with Crippen molar-refractivity contribution in [3.63, 3.8) is 0 Å². The van der Waals surface area contributed by atoms with E-state index in [-0.39, 0.29) is 12.5 Å². The van der Waals surface area contributed by atoms with Crippen molar-refractivity contribution in [2.45, 2.75) is 11.8 Å². The van der Waals surface area contributed by atoms with Gasteiger partial charge < -0.3 is 5.32 Å². The first-order chi connectivity index (χ1) is 8.43. The number of fused-ring (bicyclic) bond motifs is 2. The lowest BCUT2D eigenvalue weighted by molar-refractivity contribution is -0.120. The van der Waals surface area contributed by atoms with Gasteiger partial charge in [-0.2, -0.15) is 0 Å². The van der Waals surface area contributed by atoms with Crippen molar-refractivity contribution in [2.24, 2.45) is 0 Å². The van der Waals surface area contributed by atoms with E-state index in [1.807, 2.05) is 24.3 Å². The highest BCUT2D eigenvalue weighted by molar-refractivity contribution is 7.88. The van der Waals surface area contributed by atoms with E-state index in [0.29, 0.717) is 13.0 Å². The number of carbonyl (C=O) groups is 1. The Labute approximate surface area is 106 Å². The standard InChI is InChI=1S/C12H14N2O3S/c1-18(16,17)14-7-6-12(8-14)9-4-2-3-5-10(9)13-11(12)15/h2-5H,6-8H2,1H3,(H,13,15)/t12-/m1/s1. The predicted octanol–water partition coefficient (Wildman–Crippen LogP) is 0.542. The SMILES string of the molecule is CS(=O)(=O)N1CC[C@]2(C1)C(=O)Nc1ccccc12. The monoisotopic (exact) mass is 266 g/mol. The van der Waals surface area contributed by atoms with Crippen LogP contribution in [0, 0.1) is 0 Å². The van der Waals surface area contributed by atoms with Crippen molar-refractivity contribution in [2.75, 3.05) is 24.7 Å². The Morgan fingerprint density at radius 1 is 1.33 bits per heavy atom. The molecule has 0 bridgehead atoms. The van der Waals surface area contributed by atoms with Gasteiger partial charge in [-0.1, -0.05) is 18.2 Å². The summed E-state index contributed by atoms with van der Waals surface area (Å²) in [7, 11) is -3.24. The summed E-state index contributed by atoms with van der Waals surface area (Å²) in [5.41, 5.74) is 1.03. The molecular formula is C12H14N2O3S. The third kappa shape index (κ3) is 1.49. The molecule has 0 aliphatic carbocycles. The Bertz CT molecular complexity index is 626. The van der Waals surface area contributed by atoms with Crippen LogP contribution in [0.2, 0.25) is 0 Å². The highest BCUT2D eigenvalue weighted by Crippen LogP contribution is 2.44. The molecule has 0 unspecified atom stereocenters. The molecule has 1 aromatic rings. The zero-order chi connectivity index (χ0) is 13.0. The number of anilines is 1. The van der Waals surface area contributed by atoms with Crippen LogP contribution < -0.4 is 5.32 Å². The van der Waals surface area contributed by atoms with Crippen LogP contribution in [0.1, 0.15) is 12.0 Å². The van der Waals surface area contributed by atoms with Crippen LogP contribution in [0.5, 0.6) is 0 Å². The van der Waals surface area contributed by atoms with Gasteiger partial charge in [0.25, 0.3) is 0 Å². The lowest BCUT2D eigenvalue weighted by Gasteiger charge is -2.21. The first-order valence-corrected chi connectivity index (χ1v) is 7.64. The maximum atomic E-state index is 12.2. The maximum absolute atomic E-state index is 12.2. The highest BCUT2D eigenvalue weighted by Gasteiger charge is 2.52. The number of rotatable bonds is 1. The Hall–Kier alpha value is -1.40. The molecule has 5 nitrogen and oxygen atoms in total. The summed E-state index contributed by atoms with van der Waals surface area (Å²) in [6.45, 7) is 0.648. The zero-order valence-electron chi connectivity index (χ0n) is 10.0. The fraction of sp³-hybridized carbons (Fsp3) is 0.417.